The molecule has 7 rings (SSSR count). The largest absolute Gasteiger partial charge is 0.270 e. The zero-order valence-electron chi connectivity index (χ0n) is 23.4. The first-order valence-electron chi connectivity index (χ1n) is 13.7. The van der Waals surface area contributed by atoms with Crippen molar-refractivity contribution in [2.24, 2.45) is 0 Å². The number of halogens is 4. The summed E-state index contributed by atoms with van der Waals surface area (Å²) in [7, 11) is 0. The van der Waals surface area contributed by atoms with Crippen LogP contribution >= 0.6 is 0 Å². The number of hydrogen-bond donors (Lipinski definition) is 0. The van der Waals surface area contributed by atoms with Gasteiger partial charge in [-0.25, -0.2) is 37.8 Å². The SMILES string of the molecule is [C-]#[N+]C(C#N)=C1c2cc(-c3cc(F)cc(F)c3)ccc2-c2cc3c(cc21)-c1ccc(-c2cc(F)cc(F)c2)cc1C3=C(C#N)[N+]#[C-]. The summed E-state index contributed by atoms with van der Waals surface area (Å²) in [5.41, 5.74) is 6.59. The molecule has 2 aliphatic carbocycles. The molecule has 0 fully saturated rings. The van der Waals surface area contributed by atoms with Gasteiger partial charge in [0.05, 0.1) is 25.3 Å². The van der Waals surface area contributed by atoms with E-state index in [2.05, 4.69) is 9.69 Å². The molecule has 0 bridgehead atoms. The third-order valence-corrected chi connectivity index (χ3v) is 8.16. The van der Waals surface area contributed by atoms with Gasteiger partial charge in [0.1, 0.15) is 23.3 Å². The summed E-state index contributed by atoms with van der Waals surface area (Å²) < 4.78 is 56.3. The second-order valence-electron chi connectivity index (χ2n) is 10.7. The maximum absolute atomic E-state index is 14.1. The van der Waals surface area contributed by atoms with Crippen molar-refractivity contribution in [1.82, 2.24) is 0 Å². The quantitative estimate of drug-likeness (QED) is 0.112. The van der Waals surface area contributed by atoms with Crippen LogP contribution in [0.3, 0.4) is 0 Å². The molecule has 46 heavy (non-hydrogen) atoms. The summed E-state index contributed by atoms with van der Waals surface area (Å²) >= 11 is 0. The normalized spacial score (nSPS) is 14.1. The van der Waals surface area contributed by atoms with Crippen LogP contribution in [-0.2, 0) is 0 Å². The Labute approximate surface area is 260 Å². The van der Waals surface area contributed by atoms with Crippen molar-refractivity contribution in [2.75, 3.05) is 0 Å². The van der Waals surface area contributed by atoms with Crippen LogP contribution in [0.5, 0.6) is 0 Å². The van der Waals surface area contributed by atoms with E-state index in [1.54, 1.807) is 48.5 Å². The van der Waals surface area contributed by atoms with Crippen molar-refractivity contribution in [1.29, 1.82) is 10.5 Å². The highest BCUT2D eigenvalue weighted by molar-refractivity contribution is 6.11. The van der Waals surface area contributed by atoms with Crippen LogP contribution in [0.2, 0.25) is 0 Å². The van der Waals surface area contributed by atoms with Gasteiger partial charge in [-0.2, -0.15) is 0 Å². The highest BCUT2D eigenvalue weighted by atomic mass is 19.1. The van der Waals surface area contributed by atoms with E-state index in [1.165, 1.54) is 24.3 Å². The van der Waals surface area contributed by atoms with Crippen LogP contribution in [0.4, 0.5) is 17.6 Å². The van der Waals surface area contributed by atoms with E-state index in [4.69, 9.17) is 13.1 Å². The predicted octanol–water partition coefficient (Wildman–Crippen LogP) is 9.94. The topological polar surface area (TPSA) is 56.3 Å². The molecule has 0 saturated heterocycles. The van der Waals surface area contributed by atoms with Crippen LogP contribution < -0.4 is 0 Å². The number of hydrogen-bond acceptors (Lipinski definition) is 2. The highest BCUT2D eigenvalue weighted by Gasteiger charge is 2.33. The Balaban J connectivity index is 1.49. The second kappa shape index (κ2) is 10.5. The van der Waals surface area contributed by atoms with E-state index in [-0.39, 0.29) is 22.5 Å². The van der Waals surface area contributed by atoms with E-state index in [9.17, 15) is 28.1 Å². The summed E-state index contributed by atoms with van der Waals surface area (Å²) in [5, 5.41) is 19.9. The minimum absolute atomic E-state index is 0.182. The summed E-state index contributed by atoms with van der Waals surface area (Å²) in [6.07, 6.45) is 0. The van der Waals surface area contributed by atoms with E-state index in [1.807, 2.05) is 12.1 Å². The fourth-order valence-corrected chi connectivity index (χ4v) is 6.31. The van der Waals surface area contributed by atoms with Crippen molar-refractivity contribution in [3.05, 3.63) is 165 Å². The zero-order chi connectivity index (χ0) is 32.3. The molecular formula is C38H14F4N4. The first-order valence-corrected chi connectivity index (χ1v) is 13.7. The summed E-state index contributed by atoms with van der Waals surface area (Å²) in [4.78, 5) is 6.96. The molecule has 0 aromatic heterocycles. The lowest BCUT2D eigenvalue weighted by molar-refractivity contribution is 0.583. The molecule has 2 aliphatic rings. The summed E-state index contributed by atoms with van der Waals surface area (Å²) in [5.74, 6) is -2.99. The van der Waals surface area contributed by atoms with Crippen molar-refractivity contribution in [3.8, 4) is 56.6 Å². The number of nitrogens with zero attached hydrogens (tertiary/aromatic N) is 4. The van der Waals surface area contributed by atoms with Gasteiger partial charge < -0.3 is 0 Å². The number of rotatable bonds is 2. The monoisotopic (exact) mass is 602 g/mol. The molecule has 214 valence electrons. The molecule has 0 unspecified atom stereocenters. The molecule has 4 nitrogen and oxygen atoms in total. The van der Waals surface area contributed by atoms with Crippen molar-refractivity contribution >= 4 is 11.1 Å². The van der Waals surface area contributed by atoms with Gasteiger partial charge in [-0.15, -0.1) is 0 Å². The Bertz CT molecular complexity index is 2220. The van der Waals surface area contributed by atoms with Crippen LogP contribution in [0.15, 0.2) is 96.3 Å². The zero-order valence-corrected chi connectivity index (χ0v) is 23.4. The third kappa shape index (κ3) is 4.26. The molecule has 0 radical (unpaired) electrons. The molecule has 0 saturated carbocycles. The number of benzene rings is 5. The Morgan fingerprint density at radius 1 is 0.435 bits per heavy atom. The number of allylic oxidation sites excluding steroid dienone is 2. The third-order valence-electron chi connectivity index (χ3n) is 8.16. The van der Waals surface area contributed by atoms with Gasteiger partial charge in [0.15, 0.2) is 0 Å². The minimum Gasteiger partial charge on any atom is -0.226 e. The van der Waals surface area contributed by atoms with Crippen molar-refractivity contribution in [2.45, 2.75) is 0 Å². The van der Waals surface area contributed by atoms with Gasteiger partial charge in [-0.05, 0) is 115 Å². The molecule has 0 amide bonds. The van der Waals surface area contributed by atoms with Crippen molar-refractivity contribution < 1.29 is 17.6 Å². The second-order valence-corrected chi connectivity index (χ2v) is 10.7. The molecule has 0 heterocycles. The minimum atomic E-state index is -0.748. The fraction of sp³-hybridized carbons (Fsp3) is 0. The van der Waals surface area contributed by atoms with Gasteiger partial charge in [0, 0.05) is 23.3 Å². The van der Waals surface area contributed by atoms with E-state index in [0.717, 1.165) is 12.1 Å². The molecule has 0 aliphatic heterocycles. The Hall–Kier alpha value is -6.74. The molecule has 0 N–H and O–H groups in total. The average molecular weight is 603 g/mol. The van der Waals surface area contributed by atoms with Crippen molar-refractivity contribution in [3.63, 3.8) is 0 Å². The molecule has 5 aromatic rings. The van der Waals surface area contributed by atoms with Gasteiger partial charge in [-0.3, -0.25) is 0 Å². The maximum atomic E-state index is 14.1. The first-order chi connectivity index (χ1) is 22.2. The lowest BCUT2D eigenvalue weighted by Gasteiger charge is -2.09. The smallest absolute Gasteiger partial charge is 0.226 e. The molecule has 5 aromatic carbocycles. The average Bonchev–Trinajstić information content (AvgIpc) is 3.52. The van der Waals surface area contributed by atoms with E-state index >= 15 is 0 Å². The standard InChI is InChI=1S/C38H14F4N4/c1-45-35(17-43)37-31-11-19(21-7-23(39)13-24(40)8-21)3-5-27(31)29-16-34-30(15-33(29)37)28-6-4-20(22-9-25(41)14-26(42)10-22)12-32(28)38(34)36(18-44)46-2/h3-16H. The Kier molecular flexibility index (Phi) is 6.38. The number of nitriles is 2. The maximum Gasteiger partial charge on any atom is 0.270 e. The Morgan fingerprint density at radius 3 is 1.11 bits per heavy atom. The molecule has 8 heteroatoms. The molecule has 0 spiro atoms. The van der Waals surface area contributed by atoms with E-state index in [0.29, 0.717) is 66.8 Å². The lowest BCUT2D eigenvalue weighted by Crippen LogP contribution is -1.90. The van der Waals surface area contributed by atoms with Crippen LogP contribution in [0.1, 0.15) is 22.3 Å². The van der Waals surface area contributed by atoms with Gasteiger partial charge in [-0.1, -0.05) is 24.3 Å². The summed E-state index contributed by atoms with van der Waals surface area (Å²) in [6, 6.07) is 24.1. The fourth-order valence-electron chi connectivity index (χ4n) is 6.31. The molecular weight excluding hydrogens is 588 g/mol. The van der Waals surface area contributed by atoms with Gasteiger partial charge >= 0.3 is 0 Å². The lowest BCUT2D eigenvalue weighted by atomic mass is 9.95. The van der Waals surface area contributed by atoms with Gasteiger partial charge in [0.2, 0.25) is 0 Å². The predicted molar refractivity (Wildman–Crippen MR) is 164 cm³/mol. The Morgan fingerprint density at radius 2 is 0.783 bits per heavy atom. The first kappa shape index (κ1) is 28.1. The molecule has 0 atom stereocenters. The summed E-state index contributed by atoms with van der Waals surface area (Å²) in [6.45, 7) is 15.5. The van der Waals surface area contributed by atoms with Crippen LogP contribution in [-0.4, -0.2) is 0 Å². The number of fused-ring (bicyclic) bond motifs is 6. The van der Waals surface area contributed by atoms with Crippen LogP contribution in [0.25, 0.3) is 65.3 Å². The van der Waals surface area contributed by atoms with E-state index < -0.39 is 23.3 Å². The van der Waals surface area contributed by atoms with Gasteiger partial charge in [0.25, 0.3) is 11.4 Å². The van der Waals surface area contributed by atoms with Crippen LogP contribution in [0, 0.1) is 59.1 Å². The highest BCUT2D eigenvalue weighted by Crippen LogP contribution is 2.54.